The molecule has 1 heterocycles. The summed E-state index contributed by atoms with van der Waals surface area (Å²) < 4.78 is 7.66. The Kier molecular flexibility index (Phi) is 8.81. The lowest BCUT2D eigenvalue weighted by Gasteiger charge is -2.17. The number of hydrogen-bond acceptors (Lipinski definition) is 3. The molecule has 0 bridgehead atoms. The van der Waals surface area contributed by atoms with Crippen LogP contribution in [0.25, 0.3) is 10.9 Å². The third-order valence-corrected chi connectivity index (χ3v) is 8.05. The van der Waals surface area contributed by atoms with Gasteiger partial charge in [-0.15, -0.1) is 0 Å². The first-order chi connectivity index (χ1) is 18.9. The largest absolute Gasteiger partial charge is 0.479 e. The average Bonchev–Trinajstić information content (AvgIpc) is 3.15. The minimum absolute atomic E-state index is 0.135. The second-order valence-corrected chi connectivity index (χ2v) is 11.3. The van der Waals surface area contributed by atoms with E-state index in [4.69, 9.17) is 27.9 Å². The highest BCUT2D eigenvalue weighted by Crippen LogP contribution is 2.34. The van der Waals surface area contributed by atoms with Crippen LogP contribution in [0.5, 0.6) is 5.75 Å². The molecular formula is C32H34Cl2N2O4. The number of nitrogens with zero attached hydrogens (tertiary/aromatic N) is 1. The lowest BCUT2D eigenvalue weighted by molar-refractivity contribution is -0.144. The number of halogens is 2. The lowest BCUT2D eigenvalue weighted by Crippen LogP contribution is -2.26. The standard InChI is InChI=1S/C32H34Cl2N2O4/c1-17(2)22-8-7-9-23(12-22)19(4)35-31(37)24-10-11-29-26(13-24)18(3)20(5)36(29)16-25-14-30(28(34)15-27(25)33)40-21(6)32(38)39/h7-15,17,19,21H,16H2,1-6H3,(H,35,37)(H,38,39). The highest BCUT2D eigenvalue weighted by Gasteiger charge is 2.20. The Morgan fingerprint density at radius 1 is 0.950 bits per heavy atom. The number of nitrogens with one attached hydrogen (secondary N) is 1. The van der Waals surface area contributed by atoms with Crippen molar-refractivity contribution in [3.63, 3.8) is 0 Å². The molecule has 0 radical (unpaired) electrons. The number of aromatic nitrogens is 1. The maximum Gasteiger partial charge on any atom is 0.344 e. The number of aliphatic carboxylic acids is 1. The first-order valence-corrected chi connectivity index (χ1v) is 14.0. The van der Waals surface area contributed by atoms with Crippen LogP contribution >= 0.6 is 23.2 Å². The highest BCUT2D eigenvalue weighted by atomic mass is 35.5. The number of aryl methyl sites for hydroxylation is 1. The van der Waals surface area contributed by atoms with Gasteiger partial charge in [-0.1, -0.05) is 61.3 Å². The van der Waals surface area contributed by atoms with E-state index in [9.17, 15) is 14.7 Å². The SMILES string of the molecule is Cc1c(C)n(Cc2cc(OC(C)C(=O)O)c(Cl)cc2Cl)c2ccc(C(=O)NC(C)c3cccc(C(C)C)c3)cc12. The molecule has 40 heavy (non-hydrogen) atoms. The summed E-state index contributed by atoms with van der Waals surface area (Å²) in [5.74, 6) is -0.553. The molecule has 6 nitrogen and oxygen atoms in total. The lowest BCUT2D eigenvalue weighted by atomic mass is 9.98. The molecule has 2 N–H and O–H groups in total. The fraction of sp³-hybridized carbons (Fsp3) is 0.312. The van der Waals surface area contributed by atoms with Gasteiger partial charge >= 0.3 is 5.97 Å². The summed E-state index contributed by atoms with van der Waals surface area (Å²) in [6, 6.07) is 17.1. The third-order valence-electron chi connectivity index (χ3n) is 7.41. The Hall–Kier alpha value is -3.48. The molecule has 0 aliphatic carbocycles. The van der Waals surface area contributed by atoms with Gasteiger partial charge in [-0.05, 0) is 86.2 Å². The van der Waals surface area contributed by atoms with Gasteiger partial charge in [0.15, 0.2) is 6.10 Å². The van der Waals surface area contributed by atoms with Crippen molar-refractivity contribution in [2.75, 3.05) is 0 Å². The van der Waals surface area contributed by atoms with Gasteiger partial charge in [0.05, 0.1) is 11.1 Å². The van der Waals surface area contributed by atoms with Crippen LogP contribution in [0.2, 0.25) is 10.0 Å². The Labute approximate surface area is 244 Å². The first kappa shape index (κ1) is 29.5. The Morgan fingerprint density at radius 3 is 2.33 bits per heavy atom. The zero-order valence-electron chi connectivity index (χ0n) is 23.5. The van der Waals surface area contributed by atoms with E-state index in [-0.39, 0.29) is 22.7 Å². The number of ether oxygens (including phenoxy) is 1. The molecule has 4 aromatic rings. The van der Waals surface area contributed by atoms with Crippen molar-refractivity contribution >= 4 is 46.0 Å². The summed E-state index contributed by atoms with van der Waals surface area (Å²) in [4.78, 5) is 24.5. The van der Waals surface area contributed by atoms with Crippen LogP contribution in [0.4, 0.5) is 0 Å². The van der Waals surface area contributed by atoms with Gasteiger partial charge in [-0.2, -0.15) is 0 Å². The normalized spacial score (nSPS) is 12.9. The van der Waals surface area contributed by atoms with E-state index in [2.05, 4.69) is 35.9 Å². The van der Waals surface area contributed by atoms with Crippen molar-refractivity contribution in [2.24, 2.45) is 0 Å². The number of amides is 1. The van der Waals surface area contributed by atoms with E-state index in [0.29, 0.717) is 23.0 Å². The van der Waals surface area contributed by atoms with E-state index < -0.39 is 12.1 Å². The van der Waals surface area contributed by atoms with Crippen molar-refractivity contribution in [2.45, 2.75) is 66.2 Å². The summed E-state index contributed by atoms with van der Waals surface area (Å²) in [7, 11) is 0. The molecule has 4 rings (SSSR count). The number of carbonyl (C=O) groups excluding carboxylic acids is 1. The summed E-state index contributed by atoms with van der Waals surface area (Å²) in [5.41, 5.74) is 6.67. The van der Waals surface area contributed by atoms with Gasteiger partial charge in [0.1, 0.15) is 5.75 Å². The number of benzene rings is 3. The van der Waals surface area contributed by atoms with Gasteiger partial charge in [0.25, 0.3) is 5.91 Å². The summed E-state index contributed by atoms with van der Waals surface area (Å²) in [6.45, 7) is 12.2. The molecule has 0 saturated heterocycles. The predicted octanol–water partition coefficient (Wildman–Crippen LogP) is 8.08. The van der Waals surface area contributed by atoms with Crippen molar-refractivity contribution in [1.82, 2.24) is 9.88 Å². The van der Waals surface area contributed by atoms with Gasteiger partial charge in [-0.25, -0.2) is 4.79 Å². The molecule has 0 fully saturated rings. The monoisotopic (exact) mass is 580 g/mol. The van der Waals surface area contributed by atoms with Crippen LogP contribution in [0.1, 0.15) is 78.0 Å². The van der Waals surface area contributed by atoms with E-state index in [1.165, 1.54) is 12.5 Å². The molecule has 3 aromatic carbocycles. The van der Waals surface area contributed by atoms with Crippen molar-refractivity contribution in [1.29, 1.82) is 0 Å². The molecule has 0 aliphatic heterocycles. The smallest absolute Gasteiger partial charge is 0.344 e. The highest BCUT2D eigenvalue weighted by molar-refractivity contribution is 6.36. The van der Waals surface area contributed by atoms with E-state index in [1.807, 2.05) is 51.1 Å². The Morgan fingerprint density at radius 2 is 1.65 bits per heavy atom. The van der Waals surface area contributed by atoms with Gasteiger partial charge in [0, 0.05) is 33.7 Å². The molecule has 1 aromatic heterocycles. The molecule has 1 amide bonds. The molecule has 8 heteroatoms. The quantitative estimate of drug-likeness (QED) is 0.209. The molecule has 0 spiro atoms. The van der Waals surface area contributed by atoms with Crippen molar-refractivity contribution in [3.8, 4) is 5.75 Å². The molecule has 210 valence electrons. The fourth-order valence-electron chi connectivity index (χ4n) is 4.74. The van der Waals surface area contributed by atoms with Crippen molar-refractivity contribution < 1.29 is 19.4 Å². The van der Waals surface area contributed by atoms with E-state index >= 15 is 0 Å². The van der Waals surface area contributed by atoms with Crippen LogP contribution in [-0.4, -0.2) is 27.7 Å². The number of carbonyl (C=O) groups is 2. The maximum atomic E-state index is 13.2. The maximum absolute atomic E-state index is 13.2. The van der Waals surface area contributed by atoms with Crippen LogP contribution in [-0.2, 0) is 11.3 Å². The summed E-state index contributed by atoms with van der Waals surface area (Å²) in [5, 5.41) is 14.0. The second kappa shape index (κ2) is 11.9. The number of fused-ring (bicyclic) bond motifs is 1. The fourth-order valence-corrected chi connectivity index (χ4v) is 5.23. The minimum atomic E-state index is -1.09. The van der Waals surface area contributed by atoms with Crippen molar-refractivity contribution in [3.05, 3.63) is 98.2 Å². The predicted molar refractivity (Wildman–Crippen MR) is 161 cm³/mol. The number of carboxylic acid groups (broad SMARTS) is 1. The van der Waals surface area contributed by atoms with E-state index in [1.54, 1.807) is 12.1 Å². The molecule has 0 aliphatic rings. The van der Waals surface area contributed by atoms with Gasteiger partial charge < -0.3 is 19.7 Å². The van der Waals surface area contributed by atoms with Gasteiger partial charge in [-0.3, -0.25) is 4.79 Å². The van der Waals surface area contributed by atoms with Gasteiger partial charge in [0.2, 0.25) is 0 Å². The van der Waals surface area contributed by atoms with E-state index in [0.717, 1.165) is 33.3 Å². The van der Waals surface area contributed by atoms with Crippen LogP contribution in [0.15, 0.2) is 54.6 Å². The third kappa shape index (κ3) is 6.13. The molecule has 0 saturated carbocycles. The minimum Gasteiger partial charge on any atom is -0.479 e. The Balaban J connectivity index is 1.61. The summed E-state index contributed by atoms with van der Waals surface area (Å²) in [6.07, 6.45) is -1.06. The van der Waals surface area contributed by atoms with Crippen LogP contribution in [0, 0.1) is 13.8 Å². The topological polar surface area (TPSA) is 80.6 Å². The zero-order chi connectivity index (χ0) is 29.3. The second-order valence-electron chi connectivity index (χ2n) is 10.5. The number of carboxylic acids is 1. The average molecular weight is 582 g/mol. The molecule has 2 unspecified atom stereocenters. The number of hydrogen-bond donors (Lipinski definition) is 2. The molecular weight excluding hydrogens is 547 g/mol. The first-order valence-electron chi connectivity index (χ1n) is 13.2. The zero-order valence-corrected chi connectivity index (χ0v) is 25.0. The number of rotatable bonds is 9. The van der Waals surface area contributed by atoms with Crippen LogP contribution in [0.3, 0.4) is 0 Å². The Bertz CT molecular complexity index is 1590. The molecule has 2 atom stereocenters. The summed E-state index contributed by atoms with van der Waals surface area (Å²) >= 11 is 12.8. The van der Waals surface area contributed by atoms with Crippen LogP contribution < -0.4 is 10.1 Å².